The quantitative estimate of drug-likeness (QED) is 0.497. The Morgan fingerprint density at radius 2 is 2.04 bits per heavy atom. The molecule has 2 saturated carbocycles. The van der Waals surface area contributed by atoms with Crippen molar-refractivity contribution >= 4 is 5.97 Å². The van der Waals surface area contributed by atoms with Gasteiger partial charge in [0.25, 0.3) is 0 Å². The first kappa shape index (κ1) is 16.0. The van der Waals surface area contributed by atoms with Gasteiger partial charge in [0.15, 0.2) is 5.79 Å². The molecule has 3 aliphatic carbocycles. The van der Waals surface area contributed by atoms with E-state index in [9.17, 15) is 15.0 Å². The fourth-order valence-electron chi connectivity index (χ4n) is 7.49. The Balaban J connectivity index is 1.54. The van der Waals surface area contributed by atoms with E-state index in [1.54, 1.807) is 0 Å². The Morgan fingerprint density at radius 1 is 1.23 bits per heavy atom. The minimum Gasteiger partial charge on any atom is -0.457 e. The zero-order chi connectivity index (χ0) is 18.1. The van der Waals surface area contributed by atoms with Gasteiger partial charge in [-0.25, -0.2) is 0 Å². The van der Waals surface area contributed by atoms with Gasteiger partial charge in [0.2, 0.25) is 0 Å². The third-order valence-electron chi connectivity index (χ3n) is 9.07. The number of carbonyl (C=O) groups is 1. The molecule has 0 radical (unpaired) electrons. The summed E-state index contributed by atoms with van der Waals surface area (Å²) in [5, 5.41) is 21.6. The van der Waals surface area contributed by atoms with Crippen LogP contribution in [0.5, 0.6) is 0 Å². The smallest absolute Gasteiger partial charge is 0.318 e. The van der Waals surface area contributed by atoms with Crippen LogP contribution in [0.4, 0.5) is 0 Å². The van der Waals surface area contributed by atoms with Crippen molar-refractivity contribution < 1.29 is 29.2 Å². The summed E-state index contributed by atoms with van der Waals surface area (Å²) in [6.45, 7) is 4.76. The normalized spacial score (nSPS) is 62.2. The summed E-state index contributed by atoms with van der Waals surface area (Å²) >= 11 is 0. The Hall–Kier alpha value is -0.950. The average molecular weight is 362 g/mol. The number of aliphatic hydroxyl groups is 2. The van der Waals surface area contributed by atoms with Crippen molar-refractivity contribution in [3.63, 3.8) is 0 Å². The monoisotopic (exact) mass is 362 g/mol. The van der Waals surface area contributed by atoms with Crippen molar-refractivity contribution in [2.24, 2.45) is 28.1 Å². The second-order valence-electron chi connectivity index (χ2n) is 9.85. The van der Waals surface area contributed by atoms with Crippen molar-refractivity contribution in [2.75, 3.05) is 13.2 Å². The highest BCUT2D eigenvalue weighted by Crippen LogP contribution is 2.72. The second kappa shape index (κ2) is 4.37. The lowest BCUT2D eigenvalue weighted by molar-refractivity contribution is -0.367. The fourth-order valence-corrected chi connectivity index (χ4v) is 7.49. The third-order valence-corrected chi connectivity index (χ3v) is 9.07. The van der Waals surface area contributed by atoms with E-state index in [4.69, 9.17) is 14.2 Å². The van der Waals surface area contributed by atoms with Gasteiger partial charge >= 0.3 is 5.97 Å². The molecule has 6 heteroatoms. The van der Waals surface area contributed by atoms with Crippen LogP contribution >= 0.6 is 0 Å². The van der Waals surface area contributed by atoms with Gasteiger partial charge in [-0.05, 0) is 43.8 Å². The molecule has 142 valence electrons. The van der Waals surface area contributed by atoms with Crippen molar-refractivity contribution in [1.82, 2.24) is 0 Å². The van der Waals surface area contributed by atoms with E-state index in [0.717, 1.165) is 19.3 Å². The lowest BCUT2D eigenvalue weighted by Gasteiger charge is -2.66. The molecule has 0 aromatic rings. The van der Waals surface area contributed by atoms with Gasteiger partial charge in [-0.15, -0.1) is 0 Å². The molecular formula is C20H26O6. The van der Waals surface area contributed by atoms with E-state index in [1.165, 1.54) is 5.57 Å². The van der Waals surface area contributed by atoms with Crippen molar-refractivity contribution in [3.05, 3.63) is 11.6 Å². The van der Waals surface area contributed by atoms with E-state index in [-0.39, 0.29) is 40.8 Å². The molecule has 6 fully saturated rings. The van der Waals surface area contributed by atoms with Crippen LogP contribution in [0.25, 0.3) is 0 Å². The molecule has 6 nitrogen and oxygen atoms in total. The number of carbonyl (C=O) groups excluding carboxylic acids is 1. The molecule has 1 spiro atoms. The van der Waals surface area contributed by atoms with Crippen molar-refractivity contribution in [3.8, 4) is 0 Å². The van der Waals surface area contributed by atoms with Crippen LogP contribution in [0.1, 0.15) is 39.5 Å². The van der Waals surface area contributed by atoms with E-state index in [1.807, 2.05) is 6.92 Å². The minimum absolute atomic E-state index is 0.0561. The van der Waals surface area contributed by atoms with Crippen LogP contribution in [0.3, 0.4) is 0 Å². The Kier molecular flexibility index (Phi) is 2.70. The van der Waals surface area contributed by atoms with Gasteiger partial charge < -0.3 is 24.4 Å². The minimum atomic E-state index is -1.42. The molecule has 1 unspecified atom stereocenters. The van der Waals surface area contributed by atoms with Gasteiger partial charge in [0, 0.05) is 23.2 Å². The number of rotatable bonds is 0. The summed E-state index contributed by atoms with van der Waals surface area (Å²) in [6, 6.07) is 0. The van der Waals surface area contributed by atoms with E-state index in [0.29, 0.717) is 19.6 Å². The van der Waals surface area contributed by atoms with Crippen LogP contribution < -0.4 is 0 Å². The summed E-state index contributed by atoms with van der Waals surface area (Å²) in [5.74, 6) is -1.56. The number of fused-ring (bicyclic) bond motifs is 5. The number of aliphatic hydroxyl groups excluding tert-OH is 1. The highest BCUT2D eigenvalue weighted by molar-refractivity contribution is 5.82. The number of hydrogen-bond donors (Lipinski definition) is 2. The zero-order valence-corrected chi connectivity index (χ0v) is 15.2. The number of hydrogen-bond acceptors (Lipinski definition) is 6. The molecule has 4 saturated heterocycles. The molecule has 4 aliphatic heterocycles. The van der Waals surface area contributed by atoms with E-state index in [2.05, 4.69) is 13.0 Å². The first-order valence-corrected chi connectivity index (χ1v) is 9.85. The van der Waals surface area contributed by atoms with E-state index >= 15 is 0 Å². The summed E-state index contributed by atoms with van der Waals surface area (Å²) in [5.41, 5.74) is -0.293. The Labute approximate surface area is 152 Å². The Bertz CT molecular complexity index is 737. The summed E-state index contributed by atoms with van der Waals surface area (Å²) in [6.07, 6.45) is 4.33. The SMILES string of the molecule is C[C@@]12CC[C@@H]3C(=C[C@H]4OC(=O)[C@]5(C)[C@H]4[C@]34CCC5(O)OC4)[C@@H]1OC[C@@H]2O. The molecule has 26 heavy (non-hydrogen) atoms. The van der Waals surface area contributed by atoms with Gasteiger partial charge in [-0.3, -0.25) is 4.79 Å². The van der Waals surface area contributed by atoms with E-state index < -0.39 is 17.3 Å². The molecule has 0 aromatic carbocycles. The maximum Gasteiger partial charge on any atom is 0.318 e. The zero-order valence-electron chi connectivity index (χ0n) is 15.2. The summed E-state index contributed by atoms with van der Waals surface area (Å²) < 4.78 is 17.8. The lowest BCUT2D eigenvalue weighted by atomic mass is 9.42. The highest BCUT2D eigenvalue weighted by Gasteiger charge is 2.79. The molecule has 0 aromatic heterocycles. The highest BCUT2D eigenvalue weighted by atomic mass is 16.6. The van der Waals surface area contributed by atoms with Crippen molar-refractivity contribution in [1.29, 1.82) is 0 Å². The van der Waals surface area contributed by atoms with Crippen LogP contribution in [-0.2, 0) is 19.0 Å². The molecule has 9 atom stereocenters. The van der Waals surface area contributed by atoms with Gasteiger partial charge in [0.1, 0.15) is 11.5 Å². The summed E-state index contributed by atoms with van der Waals surface area (Å²) in [7, 11) is 0. The van der Waals surface area contributed by atoms with Crippen molar-refractivity contribution in [2.45, 2.75) is 63.6 Å². The lowest BCUT2D eigenvalue weighted by Crippen LogP contribution is -2.72. The molecule has 0 amide bonds. The number of ether oxygens (including phenoxy) is 3. The van der Waals surface area contributed by atoms with Crippen LogP contribution in [0, 0.1) is 28.1 Å². The first-order valence-electron chi connectivity index (χ1n) is 9.85. The molecule has 7 aliphatic rings. The predicted molar refractivity (Wildman–Crippen MR) is 88.7 cm³/mol. The maximum atomic E-state index is 12.9. The van der Waals surface area contributed by atoms with Crippen LogP contribution in [0.15, 0.2) is 11.6 Å². The Morgan fingerprint density at radius 3 is 2.77 bits per heavy atom. The topological polar surface area (TPSA) is 85.2 Å². The average Bonchev–Trinajstić information content (AvgIpc) is 3.06. The first-order chi connectivity index (χ1) is 12.3. The predicted octanol–water partition coefficient (Wildman–Crippen LogP) is 1.15. The number of esters is 1. The molecule has 2 N–H and O–H groups in total. The second-order valence-corrected chi connectivity index (χ2v) is 9.85. The standard InChI is InChI=1S/C20H26O6/c1-17-4-3-11-10(15(17)24-8-13(17)21)7-12-14-18(2,16(22)26-12)20(23)6-5-19(11,14)9-25-20/h7,11-15,21,23H,3-6,8-9H2,1-2H3/t11-,12-,13+,14+,15+,17+,18+,19+,20?/m1/s1. The molecule has 4 heterocycles. The maximum absolute atomic E-state index is 12.9. The van der Waals surface area contributed by atoms with Crippen LogP contribution in [0.2, 0.25) is 0 Å². The van der Waals surface area contributed by atoms with Crippen LogP contribution in [-0.4, -0.2) is 53.5 Å². The molecule has 7 rings (SSSR count). The van der Waals surface area contributed by atoms with Gasteiger partial charge in [0.05, 0.1) is 25.4 Å². The summed E-state index contributed by atoms with van der Waals surface area (Å²) in [4.78, 5) is 12.9. The largest absolute Gasteiger partial charge is 0.457 e. The molecular weight excluding hydrogens is 336 g/mol. The van der Waals surface area contributed by atoms with Gasteiger partial charge in [-0.2, -0.15) is 0 Å². The fraction of sp³-hybridized carbons (Fsp3) is 0.850. The third kappa shape index (κ3) is 1.41. The molecule has 2 bridgehead atoms. The van der Waals surface area contributed by atoms with Gasteiger partial charge in [-0.1, -0.05) is 6.92 Å².